The lowest BCUT2D eigenvalue weighted by molar-refractivity contribution is 0.475. The Morgan fingerprint density at radius 1 is 1.00 bits per heavy atom. The average Bonchev–Trinajstić information content (AvgIpc) is 2.52. The van der Waals surface area contributed by atoms with Gasteiger partial charge in [0.1, 0.15) is 5.75 Å². The summed E-state index contributed by atoms with van der Waals surface area (Å²) in [7, 11) is 0. The molecule has 1 atom stereocenters. The first-order valence-corrected chi connectivity index (χ1v) is 8.00. The van der Waals surface area contributed by atoms with Crippen LogP contribution in [0.5, 0.6) is 5.75 Å². The lowest BCUT2D eigenvalue weighted by Crippen LogP contribution is -2.02. The Labute approximate surface area is 127 Å². The highest BCUT2D eigenvalue weighted by molar-refractivity contribution is 5.64. The van der Waals surface area contributed by atoms with Crippen LogP contribution in [-0.4, -0.2) is 10.1 Å². The Hall–Kier alpha value is -1.83. The first-order chi connectivity index (χ1) is 10.3. The second-order valence-electron chi connectivity index (χ2n) is 5.62. The minimum absolute atomic E-state index is 0.298. The highest BCUT2D eigenvalue weighted by atomic mass is 16.3. The highest BCUT2D eigenvalue weighted by Gasteiger charge is 2.16. The number of hydrogen-bond acceptors (Lipinski definition) is 2. The zero-order valence-electron chi connectivity index (χ0n) is 13.0. The number of pyridine rings is 1. The first-order valence-electron chi connectivity index (χ1n) is 8.00. The van der Waals surface area contributed by atoms with Crippen LogP contribution in [0.4, 0.5) is 0 Å². The predicted octanol–water partition coefficient (Wildman–Crippen LogP) is 5.53. The number of rotatable bonds is 7. The van der Waals surface area contributed by atoms with E-state index >= 15 is 0 Å². The molecular weight excluding hydrogens is 258 g/mol. The molecule has 0 aliphatic carbocycles. The molecule has 1 aromatic carbocycles. The fraction of sp³-hybridized carbons (Fsp3) is 0.421. The van der Waals surface area contributed by atoms with Crippen molar-refractivity contribution in [2.75, 3.05) is 0 Å². The zero-order chi connectivity index (χ0) is 15.1. The molecule has 0 bridgehead atoms. The summed E-state index contributed by atoms with van der Waals surface area (Å²) >= 11 is 0. The smallest absolute Gasteiger partial charge is 0.115 e. The van der Waals surface area contributed by atoms with Crippen molar-refractivity contribution in [3.8, 4) is 17.0 Å². The topological polar surface area (TPSA) is 33.1 Å². The number of phenols is 1. The third-order valence-electron chi connectivity index (χ3n) is 3.96. The van der Waals surface area contributed by atoms with Gasteiger partial charge in [-0.05, 0) is 54.7 Å². The second kappa shape index (κ2) is 7.82. The second-order valence-corrected chi connectivity index (χ2v) is 5.62. The average molecular weight is 283 g/mol. The summed E-state index contributed by atoms with van der Waals surface area (Å²) in [6.45, 7) is 4.49. The zero-order valence-corrected chi connectivity index (χ0v) is 13.0. The summed E-state index contributed by atoms with van der Waals surface area (Å²) in [4.78, 5) is 4.61. The van der Waals surface area contributed by atoms with E-state index < -0.39 is 0 Å². The van der Waals surface area contributed by atoms with Gasteiger partial charge in [-0.1, -0.05) is 39.2 Å². The maximum absolute atomic E-state index is 9.46. The largest absolute Gasteiger partial charge is 0.508 e. The quantitative estimate of drug-likeness (QED) is 0.725. The van der Waals surface area contributed by atoms with Gasteiger partial charge in [0.2, 0.25) is 0 Å². The molecule has 1 heterocycles. The molecule has 0 radical (unpaired) electrons. The van der Waals surface area contributed by atoms with Gasteiger partial charge in [0.15, 0.2) is 0 Å². The van der Waals surface area contributed by atoms with E-state index in [1.54, 1.807) is 12.1 Å². The molecule has 1 aromatic heterocycles. The number of hydrogen-bond donors (Lipinski definition) is 1. The fourth-order valence-electron chi connectivity index (χ4n) is 2.86. The van der Waals surface area contributed by atoms with Crippen LogP contribution < -0.4 is 0 Å². The van der Waals surface area contributed by atoms with Gasteiger partial charge in [0, 0.05) is 11.8 Å². The molecule has 0 aliphatic rings. The maximum Gasteiger partial charge on any atom is 0.115 e. The van der Waals surface area contributed by atoms with Crippen molar-refractivity contribution in [1.82, 2.24) is 4.98 Å². The van der Waals surface area contributed by atoms with Crippen LogP contribution in [0, 0.1) is 0 Å². The third kappa shape index (κ3) is 4.07. The molecule has 21 heavy (non-hydrogen) atoms. The normalized spacial score (nSPS) is 12.3. The summed E-state index contributed by atoms with van der Waals surface area (Å²) in [6.07, 6.45) is 7.97. The molecule has 0 saturated carbocycles. The molecule has 0 amide bonds. The molecule has 112 valence electrons. The highest BCUT2D eigenvalue weighted by Crippen LogP contribution is 2.33. The Bertz CT molecular complexity index is 548. The van der Waals surface area contributed by atoms with Gasteiger partial charge >= 0.3 is 0 Å². The molecule has 2 heteroatoms. The third-order valence-corrected chi connectivity index (χ3v) is 3.96. The fourth-order valence-corrected chi connectivity index (χ4v) is 2.86. The molecule has 2 nitrogen and oxygen atoms in total. The Morgan fingerprint density at radius 3 is 2.43 bits per heavy atom. The van der Waals surface area contributed by atoms with Gasteiger partial charge in [-0.15, -0.1) is 0 Å². The van der Waals surface area contributed by atoms with Crippen LogP contribution >= 0.6 is 0 Å². The molecule has 2 aromatic rings. The minimum Gasteiger partial charge on any atom is -0.508 e. The van der Waals surface area contributed by atoms with Crippen molar-refractivity contribution < 1.29 is 5.11 Å². The number of benzene rings is 1. The van der Waals surface area contributed by atoms with Crippen molar-refractivity contribution >= 4 is 0 Å². The molecule has 2 rings (SSSR count). The molecule has 1 N–H and O–H groups in total. The van der Waals surface area contributed by atoms with Crippen LogP contribution in [0.1, 0.15) is 57.4 Å². The van der Waals surface area contributed by atoms with Crippen LogP contribution in [0.15, 0.2) is 42.6 Å². The molecular formula is C19H25NO. The van der Waals surface area contributed by atoms with Gasteiger partial charge in [-0.3, -0.25) is 4.98 Å². The van der Waals surface area contributed by atoms with E-state index in [-0.39, 0.29) is 0 Å². The summed E-state index contributed by atoms with van der Waals surface area (Å²) < 4.78 is 0. The number of aromatic nitrogens is 1. The van der Waals surface area contributed by atoms with Crippen molar-refractivity contribution in [2.24, 2.45) is 0 Å². The summed E-state index contributed by atoms with van der Waals surface area (Å²) in [5.41, 5.74) is 3.49. The molecule has 0 aliphatic heterocycles. The standard InChI is InChI=1S/C19H25NO/c1-3-5-8-15(7-4-2)18-9-6-14-20-19(18)16-10-12-17(21)13-11-16/h6,9-15,21H,3-5,7-8H2,1-2H3. The van der Waals surface area contributed by atoms with Crippen LogP contribution in [0.3, 0.4) is 0 Å². The number of phenolic OH excluding ortho intramolecular Hbond substituents is 1. The van der Waals surface area contributed by atoms with E-state index in [2.05, 4.69) is 24.9 Å². The molecule has 1 unspecified atom stereocenters. The SMILES string of the molecule is CCCCC(CCC)c1cccnc1-c1ccc(O)cc1. The van der Waals surface area contributed by atoms with Crippen LogP contribution in [-0.2, 0) is 0 Å². The number of aromatic hydroxyl groups is 1. The monoisotopic (exact) mass is 283 g/mol. The summed E-state index contributed by atoms with van der Waals surface area (Å²) in [6, 6.07) is 11.6. The van der Waals surface area contributed by atoms with Gasteiger partial charge in [-0.25, -0.2) is 0 Å². The lowest BCUT2D eigenvalue weighted by Gasteiger charge is -2.19. The molecule has 0 spiro atoms. The summed E-state index contributed by atoms with van der Waals surface area (Å²) in [5.74, 6) is 0.875. The molecule has 0 saturated heterocycles. The van der Waals surface area contributed by atoms with E-state index in [0.29, 0.717) is 11.7 Å². The summed E-state index contributed by atoms with van der Waals surface area (Å²) in [5, 5.41) is 9.46. The number of nitrogens with zero attached hydrogens (tertiary/aromatic N) is 1. The Morgan fingerprint density at radius 2 is 1.76 bits per heavy atom. The Kier molecular flexibility index (Phi) is 5.79. The van der Waals surface area contributed by atoms with E-state index in [1.807, 2.05) is 24.4 Å². The van der Waals surface area contributed by atoms with Crippen LogP contribution in [0.2, 0.25) is 0 Å². The van der Waals surface area contributed by atoms with Crippen molar-refractivity contribution in [1.29, 1.82) is 0 Å². The van der Waals surface area contributed by atoms with E-state index in [0.717, 1.165) is 11.3 Å². The van der Waals surface area contributed by atoms with Crippen molar-refractivity contribution in [2.45, 2.75) is 51.9 Å². The van der Waals surface area contributed by atoms with Gasteiger partial charge < -0.3 is 5.11 Å². The van der Waals surface area contributed by atoms with E-state index in [4.69, 9.17) is 0 Å². The van der Waals surface area contributed by atoms with E-state index in [9.17, 15) is 5.11 Å². The minimum atomic E-state index is 0.298. The van der Waals surface area contributed by atoms with Gasteiger partial charge in [0.05, 0.1) is 5.69 Å². The van der Waals surface area contributed by atoms with Crippen molar-refractivity contribution in [3.05, 3.63) is 48.2 Å². The van der Waals surface area contributed by atoms with Crippen molar-refractivity contribution in [3.63, 3.8) is 0 Å². The maximum atomic E-state index is 9.46. The van der Waals surface area contributed by atoms with Gasteiger partial charge in [-0.2, -0.15) is 0 Å². The molecule has 0 fully saturated rings. The van der Waals surface area contributed by atoms with Crippen LogP contribution in [0.25, 0.3) is 11.3 Å². The lowest BCUT2D eigenvalue weighted by atomic mass is 9.87. The van der Waals surface area contributed by atoms with E-state index in [1.165, 1.54) is 37.7 Å². The Balaban J connectivity index is 2.36. The van der Waals surface area contributed by atoms with Gasteiger partial charge in [0.25, 0.3) is 0 Å². The first kappa shape index (κ1) is 15.6. The number of unbranched alkanes of at least 4 members (excludes halogenated alkanes) is 1. The predicted molar refractivity (Wildman–Crippen MR) is 88.5 cm³/mol.